The number of nitrogens with zero attached hydrogens (tertiary/aromatic N) is 4. The first kappa shape index (κ1) is 27.6. The Labute approximate surface area is 220 Å². The van der Waals surface area contributed by atoms with Crippen LogP contribution in [0.4, 0.5) is 40.9 Å². The van der Waals surface area contributed by atoms with Gasteiger partial charge in [0.1, 0.15) is 18.0 Å². The van der Waals surface area contributed by atoms with Crippen LogP contribution >= 0.6 is 0 Å². The minimum atomic E-state index is -4.92. The lowest BCUT2D eigenvalue weighted by molar-refractivity contribution is -0.136. The first-order valence-electron chi connectivity index (χ1n) is 12.0. The van der Waals surface area contributed by atoms with Gasteiger partial charge in [-0.25, -0.2) is 31.5 Å². The van der Waals surface area contributed by atoms with Crippen LogP contribution in [0.2, 0.25) is 0 Å². The number of alkyl halides is 6. The van der Waals surface area contributed by atoms with Crippen molar-refractivity contribution in [3.05, 3.63) is 47.3 Å². The Morgan fingerprint density at radius 3 is 2.50 bits per heavy atom. The number of fused-ring (bicyclic) bond motifs is 1. The molecule has 1 unspecified atom stereocenters. The number of rotatable bonds is 4. The number of likely N-dealkylation sites (tertiary alicyclic amines) is 1. The molecule has 16 heteroatoms. The lowest BCUT2D eigenvalue weighted by atomic mass is 10.1. The molecule has 3 heterocycles. The van der Waals surface area contributed by atoms with Crippen molar-refractivity contribution in [3.8, 4) is 11.3 Å². The third kappa shape index (κ3) is 4.90. The summed E-state index contributed by atoms with van der Waals surface area (Å²) in [7, 11) is 0. The fraction of sp³-hybridized carbons (Fsp3) is 0.417. The van der Waals surface area contributed by atoms with Crippen LogP contribution in [0.15, 0.2) is 24.5 Å². The maximum atomic E-state index is 14.7. The summed E-state index contributed by atoms with van der Waals surface area (Å²) in [6.07, 6.45) is -7.13. The molecule has 1 aliphatic heterocycles. The predicted molar refractivity (Wildman–Crippen MR) is 123 cm³/mol. The van der Waals surface area contributed by atoms with Gasteiger partial charge in [-0.3, -0.25) is 9.59 Å². The molecule has 214 valence electrons. The highest BCUT2D eigenvalue weighted by atomic mass is 19.4. The topological polar surface area (TPSA) is 106 Å². The predicted octanol–water partition coefficient (Wildman–Crippen LogP) is 3.99. The second kappa shape index (κ2) is 9.59. The van der Waals surface area contributed by atoms with E-state index in [-0.39, 0.29) is 12.0 Å². The maximum Gasteiger partial charge on any atom is 0.418 e. The number of hydrogen-bond acceptors (Lipinski definition) is 5. The number of carbonyl (C=O) groups excluding carboxylic acids is 2. The van der Waals surface area contributed by atoms with Gasteiger partial charge in [-0.05, 0) is 24.6 Å². The third-order valence-electron chi connectivity index (χ3n) is 7.09. The Morgan fingerprint density at radius 1 is 1.12 bits per heavy atom. The normalized spacial score (nSPS) is 22.7. The Hall–Kier alpha value is -3.98. The largest absolute Gasteiger partial charge is 0.418 e. The van der Waals surface area contributed by atoms with Crippen LogP contribution in [0.5, 0.6) is 0 Å². The number of benzene rings is 1. The summed E-state index contributed by atoms with van der Waals surface area (Å²) in [5.41, 5.74) is 1.98. The molecule has 1 saturated carbocycles. The zero-order valence-electron chi connectivity index (χ0n) is 20.3. The Kier molecular flexibility index (Phi) is 6.61. The van der Waals surface area contributed by atoms with Gasteiger partial charge in [-0.2, -0.15) is 18.3 Å². The number of nitrogen functional groups attached to an aromatic ring is 1. The SMILES string of the molecule is Nc1ncnn2c(-c3cc(F)c(F)c(C(=O)N[C@@H]4CN(C(=O)C5CCC(F)(F)C5)C[C@@H]4F)c3)cc(C(F)(F)F)c12. The molecule has 0 bridgehead atoms. The number of aromatic nitrogens is 3. The van der Waals surface area contributed by atoms with Crippen molar-refractivity contribution in [1.29, 1.82) is 0 Å². The number of nitrogens with one attached hydrogen (secondary N) is 1. The van der Waals surface area contributed by atoms with Gasteiger partial charge in [-0.1, -0.05) is 0 Å². The molecular formula is C24H20F8N6O2. The van der Waals surface area contributed by atoms with E-state index in [4.69, 9.17) is 5.73 Å². The van der Waals surface area contributed by atoms with E-state index in [1.807, 2.05) is 0 Å². The number of hydrogen-bond donors (Lipinski definition) is 2. The summed E-state index contributed by atoms with van der Waals surface area (Å²) >= 11 is 0. The van der Waals surface area contributed by atoms with Crippen LogP contribution in [0.1, 0.15) is 35.2 Å². The lowest BCUT2D eigenvalue weighted by Gasteiger charge is -2.20. The molecule has 8 nitrogen and oxygen atoms in total. The first-order chi connectivity index (χ1) is 18.7. The van der Waals surface area contributed by atoms with E-state index in [1.165, 1.54) is 0 Å². The van der Waals surface area contributed by atoms with E-state index < -0.39 is 108 Å². The van der Waals surface area contributed by atoms with E-state index in [9.17, 15) is 44.7 Å². The molecule has 5 rings (SSSR count). The molecule has 3 aromatic rings. The molecular weight excluding hydrogens is 556 g/mol. The lowest BCUT2D eigenvalue weighted by Crippen LogP contribution is -2.42. The second-order valence-electron chi connectivity index (χ2n) is 9.80. The van der Waals surface area contributed by atoms with Gasteiger partial charge in [0.05, 0.1) is 29.4 Å². The van der Waals surface area contributed by atoms with Crippen molar-refractivity contribution in [2.24, 2.45) is 5.92 Å². The molecule has 40 heavy (non-hydrogen) atoms. The quantitative estimate of drug-likeness (QED) is 0.457. The van der Waals surface area contributed by atoms with E-state index >= 15 is 0 Å². The van der Waals surface area contributed by atoms with Gasteiger partial charge in [0.2, 0.25) is 11.8 Å². The summed E-state index contributed by atoms with van der Waals surface area (Å²) in [5, 5.41) is 5.88. The molecule has 1 saturated heterocycles. The summed E-state index contributed by atoms with van der Waals surface area (Å²) in [6, 6.07) is 0.527. The maximum absolute atomic E-state index is 14.7. The van der Waals surface area contributed by atoms with Gasteiger partial charge in [0.15, 0.2) is 17.5 Å². The summed E-state index contributed by atoms with van der Waals surface area (Å²) < 4.78 is 113. The van der Waals surface area contributed by atoms with Gasteiger partial charge in [0.25, 0.3) is 5.91 Å². The van der Waals surface area contributed by atoms with Crippen molar-refractivity contribution < 1.29 is 44.7 Å². The molecule has 3 atom stereocenters. The second-order valence-corrected chi connectivity index (χ2v) is 9.80. The minimum absolute atomic E-state index is 0.0748. The molecule has 3 N–H and O–H groups in total. The van der Waals surface area contributed by atoms with Crippen LogP contribution in [-0.4, -0.2) is 62.5 Å². The zero-order valence-corrected chi connectivity index (χ0v) is 20.3. The van der Waals surface area contributed by atoms with E-state index in [2.05, 4.69) is 15.4 Å². The summed E-state index contributed by atoms with van der Waals surface area (Å²) in [6.45, 7) is -0.897. The van der Waals surface area contributed by atoms with Crippen molar-refractivity contribution in [1.82, 2.24) is 24.8 Å². The van der Waals surface area contributed by atoms with Gasteiger partial charge in [-0.15, -0.1) is 0 Å². The van der Waals surface area contributed by atoms with Crippen LogP contribution in [0, 0.1) is 17.6 Å². The van der Waals surface area contributed by atoms with Crippen LogP contribution < -0.4 is 11.1 Å². The summed E-state index contributed by atoms with van der Waals surface area (Å²) in [5.74, 6) is -9.78. The van der Waals surface area contributed by atoms with E-state index in [1.54, 1.807) is 0 Å². The Morgan fingerprint density at radius 2 is 1.85 bits per heavy atom. The highest BCUT2D eigenvalue weighted by Crippen LogP contribution is 2.41. The third-order valence-corrected chi connectivity index (χ3v) is 7.09. The van der Waals surface area contributed by atoms with Crippen molar-refractivity contribution in [2.75, 3.05) is 18.8 Å². The van der Waals surface area contributed by atoms with Crippen LogP contribution in [-0.2, 0) is 11.0 Å². The van der Waals surface area contributed by atoms with Crippen LogP contribution in [0.25, 0.3) is 16.8 Å². The fourth-order valence-corrected chi connectivity index (χ4v) is 5.14. The van der Waals surface area contributed by atoms with Crippen molar-refractivity contribution in [3.63, 3.8) is 0 Å². The molecule has 2 aliphatic rings. The molecule has 0 radical (unpaired) electrons. The molecule has 1 aliphatic carbocycles. The van der Waals surface area contributed by atoms with Gasteiger partial charge in [0, 0.05) is 30.9 Å². The average molecular weight is 576 g/mol. The number of nitrogens with two attached hydrogens (primary N) is 1. The van der Waals surface area contributed by atoms with E-state index in [0.29, 0.717) is 16.6 Å². The average Bonchev–Trinajstić information content (AvgIpc) is 3.55. The Bertz CT molecular complexity index is 1510. The highest BCUT2D eigenvalue weighted by molar-refractivity contribution is 5.96. The van der Waals surface area contributed by atoms with Crippen LogP contribution in [0.3, 0.4) is 0 Å². The number of carbonyl (C=O) groups is 2. The smallest absolute Gasteiger partial charge is 0.382 e. The van der Waals surface area contributed by atoms with Crippen molar-refractivity contribution >= 4 is 23.1 Å². The summed E-state index contributed by atoms with van der Waals surface area (Å²) in [4.78, 5) is 30.0. The fourth-order valence-electron chi connectivity index (χ4n) is 5.14. The molecule has 1 aromatic carbocycles. The molecule has 2 aromatic heterocycles. The first-order valence-corrected chi connectivity index (χ1v) is 12.0. The minimum Gasteiger partial charge on any atom is -0.382 e. The van der Waals surface area contributed by atoms with Crippen molar-refractivity contribution in [2.45, 2.75) is 43.6 Å². The Balaban J connectivity index is 1.41. The standard InChI is InChI=1S/C24H20F8N6O2/c25-14-4-11(17-5-13(24(30,31)32)19-20(33)34-9-35-38(17)19)3-12(18(14)27)21(39)36-16-8-37(7-15(16)26)22(40)10-1-2-23(28,29)6-10/h3-5,9-10,15-16H,1-2,6-8H2,(H,36,39)(H2,33,34,35)/t10?,15-,16+/m0/s1. The molecule has 2 fully saturated rings. The number of halogens is 8. The van der Waals surface area contributed by atoms with E-state index in [0.717, 1.165) is 17.3 Å². The zero-order chi connectivity index (χ0) is 29.1. The molecule has 2 amide bonds. The van der Waals surface area contributed by atoms with Gasteiger partial charge >= 0.3 is 6.18 Å². The molecule has 0 spiro atoms. The number of amides is 2. The van der Waals surface area contributed by atoms with Gasteiger partial charge < -0.3 is 16.0 Å². The number of anilines is 1. The monoisotopic (exact) mass is 576 g/mol. The highest BCUT2D eigenvalue weighted by Gasteiger charge is 2.46.